The van der Waals surface area contributed by atoms with E-state index >= 15 is 0 Å². The molecule has 0 saturated heterocycles. The van der Waals surface area contributed by atoms with Crippen LogP contribution in [0.15, 0.2) is 48.5 Å². The second-order valence-corrected chi connectivity index (χ2v) is 7.78. The van der Waals surface area contributed by atoms with Gasteiger partial charge in [0.1, 0.15) is 5.82 Å². The molecule has 0 spiro atoms. The van der Waals surface area contributed by atoms with Crippen molar-refractivity contribution in [1.82, 2.24) is 19.6 Å². The third kappa shape index (κ3) is 4.74. The van der Waals surface area contributed by atoms with E-state index in [0.717, 1.165) is 41.7 Å². The van der Waals surface area contributed by atoms with Crippen LogP contribution in [0.25, 0.3) is 16.7 Å². The lowest BCUT2D eigenvalue weighted by molar-refractivity contribution is -0.114. The minimum absolute atomic E-state index is 0.130. The highest BCUT2D eigenvalue weighted by Gasteiger charge is 2.13. The molecule has 4 aromatic rings. The summed E-state index contributed by atoms with van der Waals surface area (Å²) in [5.41, 5.74) is 3.75. The maximum absolute atomic E-state index is 12.2. The average Bonchev–Trinajstić information content (AvgIpc) is 3.18. The SMILES string of the molecule is CC(=O)Nc1ccc2c(c1)nc(NCCCCCC(=O)c1ccccc1)c1nnc(C)n12. The van der Waals surface area contributed by atoms with Gasteiger partial charge in [-0.15, -0.1) is 10.2 Å². The molecule has 32 heavy (non-hydrogen) atoms. The summed E-state index contributed by atoms with van der Waals surface area (Å²) in [6.07, 6.45) is 3.25. The smallest absolute Gasteiger partial charge is 0.221 e. The molecule has 0 bridgehead atoms. The summed E-state index contributed by atoms with van der Waals surface area (Å²) in [4.78, 5) is 28.3. The van der Waals surface area contributed by atoms with E-state index in [-0.39, 0.29) is 11.7 Å². The zero-order valence-electron chi connectivity index (χ0n) is 18.3. The number of nitrogens with zero attached hydrogens (tertiary/aromatic N) is 4. The lowest BCUT2D eigenvalue weighted by atomic mass is 10.0. The van der Waals surface area contributed by atoms with E-state index < -0.39 is 0 Å². The van der Waals surface area contributed by atoms with Crippen molar-refractivity contribution in [2.24, 2.45) is 0 Å². The molecule has 0 unspecified atom stereocenters. The Bertz CT molecular complexity index is 1270. The zero-order chi connectivity index (χ0) is 22.5. The van der Waals surface area contributed by atoms with Gasteiger partial charge in [-0.2, -0.15) is 0 Å². The van der Waals surface area contributed by atoms with Crippen LogP contribution in [0.3, 0.4) is 0 Å². The molecule has 2 N–H and O–H groups in total. The predicted octanol–water partition coefficient (Wildman–Crippen LogP) is 4.40. The Morgan fingerprint density at radius 3 is 2.59 bits per heavy atom. The Labute approximate surface area is 186 Å². The molecular weight excluding hydrogens is 404 g/mol. The molecule has 0 aliphatic carbocycles. The third-order valence-electron chi connectivity index (χ3n) is 5.27. The number of Topliss-reactive ketones (excluding diaryl/α,β-unsaturated/α-hetero) is 1. The van der Waals surface area contributed by atoms with Crippen LogP contribution in [0.4, 0.5) is 11.5 Å². The Morgan fingerprint density at radius 2 is 1.81 bits per heavy atom. The second-order valence-electron chi connectivity index (χ2n) is 7.78. The first-order chi connectivity index (χ1) is 15.5. The van der Waals surface area contributed by atoms with Gasteiger partial charge in [-0.05, 0) is 38.0 Å². The van der Waals surface area contributed by atoms with Crippen LogP contribution in [-0.4, -0.2) is 37.8 Å². The highest BCUT2D eigenvalue weighted by atomic mass is 16.1. The molecule has 0 fully saturated rings. The van der Waals surface area contributed by atoms with E-state index in [0.29, 0.717) is 30.1 Å². The first kappa shape index (κ1) is 21.4. The molecule has 0 saturated carbocycles. The summed E-state index contributed by atoms with van der Waals surface area (Å²) in [5.74, 6) is 1.47. The van der Waals surface area contributed by atoms with Crippen molar-refractivity contribution in [3.63, 3.8) is 0 Å². The molecule has 2 aromatic carbocycles. The topological polar surface area (TPSA) is 101 Å². The van der Waals surface area contributed by atoms with Crippen LogP contribution in [-0.2, 0) is 4.79 Å². The first-order valence-electron chi connectivity index (χ1n) is 10.8. The lowest BCUT2D eigenvalue weighted by Gasteiger charge is -2.11. The van der Waals surface area contributed by atoms with Gasteiger partial charge in [-0.3, -0.25) is 14.0 Å². The van der Waals surface area contributed by atoms with Crippen molar-refractivity contribution in [1.29, 1.82) is 0 Å². The summed E-state index contributed by atoms with van der Waals surface area (Å²) < 4.78 is 1.96. The van der Waals surface area contributed by atoms with E-state index in [2.05, 4.69) is 20.8 Å². The maximum atomic E-state index is 12.2. The van der Waals surface area contributed by atoms with Gasteiger partial charge < -0.3 is 10.6 Å². The normalized spacial score (nSPS) is 11.1. The zero-order valence-corrected chi connectivity index (χ0v) is 18.3. The monoisotopic (exact) mass is 430 g/mol. The van der Waals surface area contributed by atoms with Gasteiger partial charge in [0.2, 0.25) is 11.6 Å². The predicted molar refractivity (Wildman–Crippen MR) is 125 cm³/mol. The lowest BCUT2D eigenvalue weighted by Crippen LogP contribution is -2.08. The fourth-order valence-corrected chi connectivity index (χ4v) is 3.74. The van der Waals surface area contributed by atoms with Crippen LogP contribution in [0, 0.1) is 6.92 Å². The molecule has 0 atom stereocenters. The number of ketones is 1. The summed E-state index contributed by atoms with van der Waals surface area (Å²) in [5, 5.41) is 14.7. The summed E-state index contributed by atoms with van der Waals surface area (Å²) >= 11 is 0. The largest absolute Gasteiger partial charge is 0.367 e. The molecule has 2 aromatic heterocycles. The van der Waals surface area contributed by atoms with Crippen molar-refractivity contribution in [2.45, 2.75) is 39.5 Å². The van der Waals surface area contributed by atoms with Gasteiger partial charge in [0.25, 0.3) is 0 Å². The molecule has 0 radical (unpaired) electrons. The Hall–Kier alpha value is -3.81. The molecule has 0 aliphatic rings. The number of aromatic nitrogens is 4. The highest BCUT2D eigenvalue weighted by molar-refractivity contribution is 5.96. The molecule has 8 heteroatoms. The van der Waals surface area contributed by atoms with E-state index in [1.165, 1.54) is 6.92 Å². The van der Waals surface area contributed by atoms with Gasteiger partial charge in [0.05, 0.1) is 11.0 Å². The molecule has 0 aliphatic heterocycles. The standard InChI is InChI=1S/C24H26N6O2/c1-16-28-29-24-23(25-14-8-4-7-11-22(32)18-9-5-3-6-10-18)27-20-15-19(26-17(2)31)12-13-21(20)30(16)24/h3,5-6,9-10,12-13,15H,4,7-8,11,14H2,1-2H3,(H,25,27)(H,26,31). The number of unbranched alkanes of at least 4 members (excludes halogenated alkanes) is 2. The van der Waals surface area contributed by atoms with Crippen molar-refractivity contribution in [3.8, 4) is 0 Å². The average molecular weight is 431 g/mol. The Balaban J connectivity index is 1.40. The summed E-state index contributed by atoms with van der Waals surface area (Å²) in [6.45, 7) is 4.09. The molecule has 1 amide bonds. The number of fused-ring (bicyclic) bond motifs is 3. The summed E-state index contributed by atoms with van der Waals surface area (Å²) in [6, 6.07) is 15.0. The number of hydrogen-bond donors (Lipinski definition) is 2. The number of carbonyl (C=O) groups excluding carboxylic acids is 2. The highest BCUT2D eigenvalue weighted by Crippen LogP contribution is 2.24. The fraction of sp³-hybridized carbons (Fsp3) is 0.292. The van der Waals surface area contributed by atoms with E-state index in [1.54, 1.807) is 0 Å². The number of benzene rings is 2. The first-order valence-corrected chi connectivity index (χ1v) is 10.8. The van der Waals surface area contributed by atoms with E-state index in [9.17, 15) is 9.59 Å². The van der Waals surface area contributed by atoms with Crippen molar-refractivity contribution < 1.29 is 9.59 Å². The van der Waals surface area contributed by atoms with Crippen LogP contribution >= 0.6 is 0 Å². The number of nitrogens with one attached hydrogen (secondary N) is 2. The molecule has 8 nitrogen and oxygen atoms in total. The molecule has 164 valence electrons. The number of carbonyl (C=O) groups is 2. The molecular formula is C24H26N6O2. The maximum Gasteiger partial charge on any atom is 0.221 e. The van der Waals surface area contributed by atoms with Gasteiger partial charge in [0.15, 0.2) is 11.6 Å². The van der Waals surface area contributed by atoms with Crippen molar-refractivity contribution in [2.75, 3.05) is 17.2 Å². The minimum atomic E-state index is -0.130. The van der Waals surface area contributed by atoms with Crippen molar-refractivity contribution in [3.05, 3.63) is 59.9 Å². The minimum Gasteiger partial charge on any atom is -0.367 e. The number of aryl methyl sites for hydroxylation is 1. The van der Waals surface area contributed by atoms with Gasteiger partial charge in [0, 0.05) is 31.1 Å². The summed E-state index contributed by atoms with van der Waals surface area (Å²) in [7, 11) is 0. The molecule has 4 rings (SSSR count). The van der Waals surface area contributed by atoms with Gasteiger partial charge in [-0.25, -0.2) is 4.98 Å². The third-order valence-corrected chi connectivity index (χ3v) is 5.27. The number of rotatable bonds is 9. The van der Waals surface area contributed by atoms with E-state index in [4.69, 9.17) is 4.98 Å². The van der Waals surface area contributed by atoms with Crippen LogP contribution in [0.1, 0.15) is 48.8 Å². The quantitative estimate of drug-likeness (QED) is 0.301. The Kier molecular flexibility index (Phi) is 6.39. The van der Waals surface area contributed by atoms with Crippen LogP contribution in [0.2, 0.25) is 0 Å². The van der Waals surface area contributed by atoms with Crippen LogP contribution in [0.5, 0.6) is 0 Å². The van der Waals surface area contributed by atoms with E-state index in [1.807, 2.05) is 59.9 Å². The van der Waals surface area contributed by atoms with Gasteiger partial charge >= 0.3 is 0 Å². The van der Waals surface area contributed by atoms with Gasteiger partial charge in [-0.1, -0.05) is 36.8 Å². The number of anilines is 2. The van der Waals surface area contributed by atoms with Crippen LogP contribution < -0.4 is 10.6 Å². The fourth-order valence-electron chi connectivity index (χ4n) is 3.74. The molecule has 2 heterocycles. The van der Waals surface area contributed by atoms with Crippen molar-refractivity contribution >= 4 is 39.9 Å². The number of amides is 1. The Morgan fingerprint density at radius 1 is 1.00 bits per heavy atom. The second kappa shape index (κ2) is 9.55. The number of hydrogen-bond acceptors (Lipinski definition) is 6.